The lowest BCUT2D eigenvalue weighted by molar-refractivity contribution is -0.136. The van der Waals surface area contributed by atoms with Crippen LogP contribution in [0.5, 0.6) is 0 Å². The summed E-state index contributed by atoms with van der Waals surface area (Å²) < 4.78 is 30.0. The lowest BCUT2D eigenvalue weighted by atomic mass is 10.3. The number of sulfonamides is 1. The molecule has 0 fully saturated rings. The smallest absolute Gasteiger partial charge is 0.411 e. The first kappa shape index (κ1) is 15.8. The number of hydrogen-bond donors (Lipinski definition) is 3. The molecule has 0 saturated carbocycles. The summed E-state index contributed by atoms with van der Waals surface area (Å²) >= 11 is 0. The molecular weight excluding hydrogens is 288 g/mol. The fraction of sp³-hybridized carbons (Fsp3) is 0.273. The van der Waals surface area contributed by atoms with Crippen LogP contribution in [-0.2, 0) is 19.6 Å². The average molecular weight is 302 g/mol. The SMILES string of the molecule is COC(=O)Nc1cccc(NS(=O)(=O)C(C)C(=O)O)c1. The van der Waals surface area contributed by atoms with Crippen molar-refractivity contribution in [2.75, 3.05) is 17.1 Å². The van der Waals surface area contributed by atoms with Crippen molar-refractivity contribution in [3.8, 4) is 0 Å². The number of carbonyl (C=O) groups excluding carboxylic acids is 1. The number of carbonyl (C=O) groups is 2. The van der Waals surface area contributed by atoms with Crippen LogP contribution in [-0.4, -0.2) is 37.9 Å². The third kappa shape index (κ3) is 4.12. The Hall–Kier alpha value is -2.29. The molecule has 0 spiro atoms. The second kappa shape index (κ2) is 6.24. The summed E-state index contributed by atoms with van der Waals surface area (Å²) in [5, 5.41) is 9.47. The molecule has 20 heavy (non-hydrogen) atoms. The minimum absolute atomic E-state index is 0.131. The topological polar surface area (TPSA) is 122 Å². The van der Waals surface area contributed by atoms with Crippen LogP contribution in [0.1, 0.15) is 6.92 Å². The summed E-state index contributed by atoms with van der Waals surface area (Å²) in [6, 6.07) is 5.78. The minimum Gasteiger partial charge on any atom is -0.480 e. The highest BCUT2D eigenvalue weighted by molar-refractivity contribution is 7.94. The first-order valence-electron chi connectivity index (χ1n) is 5.45. The van der Waals surface area contributed by atoms with E-state index >= 15 is 0 Å². The van der Waals surface area contributed by atoms with Gasteiger partial charge in [0.25, 0.3) is 0 Å². The van der Waals surface area contributed by atoms with Gasteiger partial charge in [-0.05, 0) is 25.1 Å². The number of carboxylic acids is 1. The molecule has 0 aliphatic carbocycles. The summed E-state index contributed by atoms with van der Waals surface area (Å²) in [6.45, 7) is 1.06. The maximum Gasteiger partial charge on any atom is 0.411 e. The molecule has 0 aromatic heterocycles. The number of ether oxygens (including phenoxy) is 1. The third-order valence-corrected chi connectivity index (χ3v) is 4.02. The van der Waals surface area contributed by atoms with Crippen LogP contribution in [0.4, 0.5) is 16.2 Å². The number of anilines is 2. The van der Waals surface area contributed by atoms with Gasteiger partial charge in [0, 0.05) is 5.69 Å². The molecule has 3 N–H and O–H groups in total. The predicted octanol–water partition coefficient (Wildman–Crippen LogP) is 1.08. The molecule has 1 atom stereocenters. The number of benzene rings is 1. The number of carboxylic acid groups (broad SMARTS) is 1. The van der Waals surface area contributed by atoms with Crippen LogP contribution in [0, 0.1) is 0 Å². The lowest BCUT2D eigenvalue weighted by Gasteiger charge is -2.12. The summed E-state index contributed by atoms with van der Waals surface area (Å²) in [7, 11) is -2.87. The summed E-state index contributed by atoms with van der Waals surface area (Å²) in [6.07, 6.45) is -0.705. The van der Waals surface area contributed by atoms with Gasteiger partial charge >= 0.3 is 12.1 Å². The van der Waals surface area contributed by atoms with Crippen LogP contribution in [0.15, 0.2) is 24.3 Å². The molecule has 0 saturated heterocycles. The maximum atomic E-state index is 11.7. The van der Waals surface area contributed by atoms with Gasteiger partial charge in [0.05, 0.1) is 12.8 Å². The van der Waals surface area contributed by atoms with Crippen molar-refractivity contribution < 1.29 is 27.9 Å². The zero-order valence-electron chi connectivity index (χ0n) is 10.8. The number of rotatable bonds is 5. The van der Waals surface area contributed by atoms with Crippen molar-refractivity contribution in [3.05, 3.63) is 24.3 Å². The average Bonchev–Trinajstić information content (AvgIpc) is 2.37. The van der Waals surface area contributed by atoms with Gasteiger partial charge in [0.2, 0.25) is 10.0 Å². The van der Waals surface area contributed by atoms with Crippen LogP contribution in [0.3, 0.4) is 0 Å². The largest absolute Gasteiger partial charge is 0.480 e. The zero-order chi connectivity index (χ0) is 15.3. The van der Waals surface area contributed by atoms with Crippen LogP contribution >= 0.6 is 0 Å². The van der Waals surface area contributed by atoms with E-state index in [0.717, 1.165) is 6.92 Å². The Morgan fingerprint density at radius 1 is 1.30 bits per heavy atom. The molecule has 0 aliphatic rings. The van der Waals surface area contributed by atoms with Gasteiger partial charge in [0.15, 0.2) is 5.25 Å². The number of amides is 1. The van der Waals surface area contributed by atoms with Gasteiger partial charge < -0.3 is 9.84 Å². The molecule has 0 bridgehead atoms. The second-order valence-corrected chi connectivity index (χ2v) is 5.83. The van der Waals surface area contributed by atoms with Crippen molar-refractivity contribution in [2.45, 2.75) is 12.2 Å². The minimum atomic E-state index is -4.06. The number of methoxy groups -OCH3 is 1. The number of hydrogen-bond acceptors (Lipinski definition) is 5. The van der Waals surface area contributed by atoms with E-state index in [1.807, 2.05) is 0 Å². The van der Waals surface area contributed by atoms with E-state index in [0.29, 0.717) is 5.69 Å². The first-order chi connectivity index (χ1) is 9.26. The van der Waals surface area contributed by atoms with Gasteiger partial charge in [-0.25, -0.2) is 13.2 Å². The Morgan fingerprint density at radius 3 is 2.45 bits per heavy atom. The van der Waals surface area contributed by atoms with Crippen LogP contribution < -0.4 is 10.0 Å². The standard InChI is InChI=1S/C11H14N2O6S/c1-7(10(14)15)20(17,18)13-9-5-3-4-8(6-9)12-11(16)19-2/h3-7,13H,1-2H3,(H,12,16)(H,14,15). The molecular formula is C11H14N2O6S. The molecule has 110 valence electrons. The molecule has 9 heteroatoms. The molecule has 0 radical (unpaired) electrons. The highest BCUT2D eigenvalue weighted by atomic mass is 32.2. The van der Waals surface area contributed by atoms with Gasteiger partial charge in [0.1, 0.15) is 0 Å². The van der Waals surface area contributed by atoms with E-state index in [2.05, 4.69) is 14.8 Å². The lowest BCUT2D eigenvalue weighted by Crippen LogP contribution is -2.32. The summed E-state index contributed by atoms with van der Waals surface area (Å²) in [4.78, 5) is 21.7. The van der Waals surface area contributed by atoms with E-state index in [1.165, 1.54) is 31.4 Å². The van der Waals surface area contributed by atoms with Crippen molar-refractivity contribution in [1.29, 1.82) is 0 Å². The molecule has 1 unspecified atom stereocenters. The Balaban J connectivity index is 2.91. The highest BCUT2D eigenvalue weighted by Crippen LogP contribution is 2.17. The van der Waals surface area contributed by atoms with Gasteiger partial charge in [-0.1, -0.05) is 6.07 Å². The fourth-order valence-electron chi connectivity index (χ4n) is 1.21. The quantitative estimate of drug-likeness (QED) is 0.748. The molecule has 1 aromatic carbocycles. The third-order valence-electron chi connectivity index (χ3n) is 2.37. The second-order valence-electron chi connectivity index (χ2n) is 3.82. The molecule has 0 aliphatic heterocycles. The van der Waals surface area contributed by atoms with Crippen molar-refractivity contribution in [1.82, 2.24) is 0 Å². The molecule has 1 amide bonds. The van der Waals surface area contributed by atoms with Crippen LogP contribution in [0.25, 0.3) is 0 Å². The molecule has 1 rings (SSSR count). The van der Waals surface area contributed by atoms with E-state index in [9.17, 15) is 18.0 Å². The Labute approximate surface area is 115 Å². The Morgan fingerprint density at radius 2 is 1.90 bits per heavy atom. The fourth-order valence-corrected chi connectivity index (χ4v) is 2.11. The van der Waals surface area contributed by atoms with Crippen LogP contribution in [0.2, 0.25) is 0 Å². The van der Waals surface area contributed by atoms with Gasteiger partial charge in [-0.15, -0.1) is 0 Å². The normalized spacial score (nSPS) is 12.3. The number of aliphatic carboxylic acids is 1. The molecule has 1 aromatic rings. The highest BCUT2D eigenvalue weighted by Gasteiger charge is 2.27. The summed E-state index contributed by atoms with van der Waals surface area (Å²) in [5.41, 5.74) is 0.437. The van der Waals surface area contributed by atoms with Crippen molar-refractivity contribution in [2.24, 2.45) is 0 Å². The zero-order valence-corrected chi connectivity index (χ0v) is 11.6. The van der Waals surface area contributed by atoms with E-state index in [-0.39, 0.29) is 5.69 Å². The first-order valence-corrected chi connectivity index (χ1v) is 7.00. The molecule has 8 nitrogen and oxygen atoms in total. The van der Waals surface area contributed by atoms with Crippen molar-refractivity contribution >= 4 is 33.5 Å². The Kier molecular flexibility index (Phi) is 4.92. The van der Waals surface area contributed by atoms with Gasteiger partial charge in [-0.2, -0.15) is 0 Å². The maximum absolute atomic E-state index is 11.7. The monoisotopic (exact) mass is 302 g/mol. The van der Waals surface area contributed by atoms with Crippen molar-refractivity contribution in [3.63, 3.8) is 0 Å². The van der Waals surface area contributed by atoms with E-state index < -0.39 is 27.3 Å². The molecule has 0 heterocycles. The van der Waals surface area contributed by atoms with E-state index in [1.54, 1.807) is 0 Å². The predicted molar refractivity (Wildman–Crippen MR) is 72.1 cm³/mol. The Bertz CT molecular complexity index is 613. The van der Waals surface area contributed by atoms with E-state index in [4.69, 9.17) is 5.11 Å². The number of nitrogens with one attached hydrogen (secondary N) is 2. The summed E-state index contributed by atoms with van der Waals surface area (Å²) in [5.74, 6) is -1.46. The van der Waals surface area contributed by atoms with Gasteiger partial charge in [-0.3, -0.25) is 14.8 Å².